The highest BCUT2D eigenvalue weighted by molar-refractivity contribution is 4.92. The molecule has 0 spiro atoms. The lowest BCUT2D eigenvalue weighted by molar-refractivity contribution is 0.248. The highest BCUT2D eigenvalue weighted by Gasteiger charge is 2.23. The monoisotopic (exact) mass is 165 g/mol. The average Bonchev–Trinajstić information content (AvgIpc) is 2.05. The Kier molecular flexibility index (Phi) is 3.62. The molecule has 68 valence electrons. The molecule has 1 aliphatic rings. The highest BCUT2D eigenvalue weighted by atomic mass is 14.6. The number of nitrogens with two attached hydrogens (primary N) is 1. The van der Waals surface area contributed by atoms with Crippen LogP contribution >= 0.6 is 0 Å². The molecule has 0 aromatic carbocycles. The van der Waals surface area contributed by atoms with Crippen LogP contribution in [0.25, 0.3) is 0 Å². The Bertz CT molecular complexity index is 168. The Labute approximate surface area is 75.7 Å². The van der Waals surface area contributed by atoms with E-state index in [-0.39, 0.29) is 6.04 Å². The van der Waals surface area contributed by atoms with Gasteiger partial charge in [-0.15, -0.1) is 12.3 Å². The van der Waals surface area contributed by atoms with Gasteiger partial charge in [-0.2, -0.15) is 0 Å². The van der Waals surface area contributed by atoms with E-state index >= 15 is 0 Å². The van der Waals surface area contributed by atoms with E-state index in [1.165, 1.54) is 25.7 Å². The van der Waals surface area contributed by atoms with Gasteiger partial charge in [-0.25, -0.2) is 0 Å². The summed E-state index contributed by atoms with van der Waals surface area (Å²) in [6.07, 6.45) is 11.3. The van der Waals surface area contributed by atoms with E-state index in [1.54, 1.807) is 0 Å². The van der Waals surface area contributed by atoms with Gasteiger partial charge in [-0.3, -0.25) is 0 Å². The first-order chi connectivity index (χ1) is 5.74. The van der Waals surface area contributed by atoms with E-state index in [0.29, 0.717) is 5.92 Å². The van der Waals surface area contributed by atoms with Crippen molar-refractivity contribution in [3.8, 4) is 12.3 Å². The minimum absolute atomic E-state index is 0.248. The molecule has 0 aromatic heterocycles. The van der Waals surface area contributed by atoms with E-state index in [2.05, 4.69) is 12.8 Å². The molecule has 1 fully saturated rings. The van der Waals surface area contributed by atoms with E-state index in [9.17, 15) is 0 Å². The van der Waals surface area contributed by atoms with Crippen LogP contribution in [0.2, 0.25) is 0 Å². The van der Waals surface area contributed by atoms with Crippen molar-refractivity contribution in [3.05, 3.63) is 0 Å². The molecule has 0 bridgehead atoms. The second-order valence-corrected chi connectivity index (χ2v) is 4.10. The van der Waals surface area contributed by atoms with Crippen molar-refractivity contribution in [2.24, 2.45) is 17.6 Å². The van der Waals surface area contributed by atoms with Crippen LogP contribution in [-0.4, -0.2) is 6.04 Å². The molecule has 3 unspecified atom stereocenters. The first kappa shape index (κ1) is 9.61. The van der Waals surface area contributed by atoms with Crippen LogP contribution in [0.4, 0.5) is 0 Å². The summed E-state index contributed by atoms with van der Waals surface area (Å²) in [5.74, 6) is 4.19. The maximum atomic E-state index is 5.98. The molecule has 0 aromatic rings. The fourth-order valence-electron chi connectivity index (χ4n) is 2.17. The molecule has 0 radical (unpaired) electrons. The predicted molar refractivity (Wildman–Crippen MR) is 52.5 cm³/mol. The summed E-state index contributed by atoms with van der Waals surface area (Å²) in [7, 11) is 0. The standard InChI is InChI=1S/C11H19N/c1-3-5-11(12)10-7-4-6-9(2)8-10/h1,9-11H,4-8,12H2,2H3. The zero-order chi connectivity index (χ0) is 8.97. The van der Waals surface area contributed by atoms with Gasteiger partial charge >= 0.3 is 0 Å². The number of rotatable bonds is 2. The molecule has 1 heteroatoms. The number of hydrogen-bond donors (Lipinski definition) is 1. The van der Waals surface area contributed by atoms with Crippen molar-refractivity contribution in [1.29, 1.82) is 0 Å². The van der Waals surface area contributed by atoms with Crippen molar-refractivity contribution >= 4 is 0 Å². The van der Waals surface area contributed by atoms with Crippen LogP contribution in [0.5, 0.6) is 0 Å². The average molecular weight is 165 g/mol. The van der Waals surface area contributed by atoms with Crippen LogP contribution in [-0.2, 0) is 0 Å². The second kappa shape index (κ2) is 4.52. The van der Waals surface area contributed by atoms with Crippen molar-refractivity contribution in [2.75, 3.05) is 0 Å². The topological polar surface area (TPSA) is 26.0 Å². The van der Waals surface area contributed by atoms with Gasteiger partial charge in [0, 0.05) is 12.5 Å². The van der Waals surface area contributed by atoms with Gasteiger partial charge < -0.3 is 5.73 Å². The van der Waals surface area contributed by atoms with Gasteiger partial charge in [-0.1, -0.05) is 19.8 Å². The molecule has 1 nitrogen and oxygen atoms in total. The molecular weight excluding hydrogens is 146 g/mol. The zero-order valence-electron chi connectivity index (χ0n) is 7.92. The summed E-state index contributed by atoms with van der Waals surface area (Å²) in [5.41, 5.74) is 5.98. The highest BCUT2D eigenvalue weighted by Crippen LogP contribution is 2.30. The molecular formula is C11H19N. The molecule has 3 atom stereocenters. The van der Waals surface area contributed by atoms with Gasteiger partial charge in [0.2, 0.25) is 0 Å². The molecule has 0 saturated heterocycles. The van der Waals surface area contributed by atoms with Gasteiger partial charge in [0.05, 0.1) is 0 Å². The Hall–Kier alpha value is -0.480. The Morgan fingerprint density at radius 3 is 2.92 bits per heavy atom. The largest absolute Gasteiger partial charge is 0.327 e. The van der Waals surface area contributed by atoms with E-state index in [1.807, 2.05) is 0 Å². The maximum absolute atomic E-state index is 5.98. The Balaban J connectivity index is 2.35. The molecule has 0 heterocycles. The van der Waals surface area contributed by atoms with Crippen LogP contribution in [0, 0.1) is 24.2 Å². The summed E-state index contributed by atoms with van der Waals surface area (Å²) in [5, 5.41) is 0. The third-order valence-electron chi connectivity index (χ3n) is 2.94. The second-order valence-electron chi connectivity index (χ2n) is 4.10. The molecule has 1 aliphatic carbocycles. The summed E-state index contributed by atoms with van der Waals surface area (Å²) in [6.45, 7) is 2.31. The van der Waals surface area contributed by atoms with Gasteiger partial charge in [0.25, 0.3) is 0 Å². The lowest BCUT2D eigenvalue weighted by Gasteiger charge is -2.30. The smallest absolute Gasteiger partial charge is 0.0241 e. The minimum Gasteiger partial charge on any atom is -0.327 e. The third kappa shape index (κ3) is 2.53. The fraction of sp³-hybridized carbons (Fsp3) is 0.818. The lowest BCUT2D eigenvalue weighted by atomic mass is 9.78. The fourth-order valence-corrected chi connectivity index (χ4v) is 2.17. The van der Waals surface area contributed by atoms with E-state index < -0.39 is 0 Å². The number of hydrogen-bond acceptors (Lipinski definition) is 1. The molecule has 1 rings (SSSR count). The lowest BCUT2D eigenvalue weighted by Crippen LogP contribution is -2.32. The van der Waals surface area contributed by atoms with Crippen molar-refractivity contribution < 1.29 is 0 Å². The summed E-state index contributed by atoms with van der Waals surface area (Å²) >= 11 is 0. The first-order valence-corrected chi connectivity index (χ1v) is 4.93. The van der Waals surface area contributed by atoms with E-state index in [4.69, 9.17) is 12.2 Å². The zero-order valence-corrected chi connectivity index (χ0v) is 7.92. The minimum atomic E-state index is 0.248. The SMILES string of the molecule is C#CCC(N)C1CCCC(C)C1. The van der Waals surface area contributed by atoms with Gasteiger partial charge in [0.15, 0.2) is 0 Å². The van der Waals surface area contributed by atoms with Crippen molar-refractivity contribution in [2.45, 2.75) is 45.1 Å². The Morgan fingerprint density at radius 2 is 2.33 bits per heavy atom. The number of terminal acetylenes is 1. The molecule has 12 heavy (non-hydrogen) atoms. The van der Waals surface area contributed by atoms with Crippen LogP contribution in [0.15, 0.2) is 0 Å². The van der Waals surface area contributed by atoms with Crippen LogP contribution < -0.4 is 5.73 Å². The normalized spacial score (nSPS) is 32.4. The third-order valence-corrected chi connectivity index (χ3v) is 2.94. The van der Waals surface area contributed by atoms with Gasteiger partial charge in [-0.05, 0) is 24.7 Å². The summed E-state index contributed by atoms with van der Waals surface area (Å²) in [4.78, 5) is 0. The summed E-state index contributed by atoms with van der Waals surface area (Å²) < 4.78 is 0. The quantitative estimate of drug-likeness (QED) is 0.623. The summed E-state index contributed by atoms with van der Waals surface area (Å²) in [6, 6.07) is 0.248. The molecule has 1 saturated carbocycles. The van der Waals surface area contributed by atoms with Crippen molar-refractivity contribution in [1.82, 2.24) is 0 Å². The Morgan fingerprint density at radius 1 is 1.58 bits per heavy atom. The first-order valence-electron chi connectivity index (χ1n) is 4.93. The molecule has 0 aliphatic heterocycles. The van der Waals surface area contributed by atoms with Gasteiger partial charge in [0.1, 0.15) is 0 Å². The van der Waals surface area contributed by atoms with Crippen molar-refractivity contribution in [3.63, 3.8) is 0 Å². The maximum Gasteiger partial charge on any atom is 0.0241 e. The predicted octanol–water partition coefficient (Wildman–Crippen LogP) is 2.16. The van der Waals surface area contributed by atoms with Crippen LogP contribution in [0.1, 0.15) is 39.0 Å². The molecule has 0 amide bonds. The van der Waals surface area contributed by atoms with E-state index in [0.717, 1.165) is 12.3 Å². The van der Waals surface area contributed by atoms with Crippen LogP contribution in [0.3, 0.4) is 0 Å². The molecule has 2 N–H and O–H groups in total.